The molecule has 0 aliphatic carbocycles. The van der Waals surface area contributed by atoms with Gasteiger partial charge in [0, 0.05) is 5.56 Å². The summed E-state index contributed by atoms with van der Waals surface area (Å²) in [5.74, 6) is -0.186. The molecule has 0 aromatic heterocycles. The SMILES string of the molecule is CC(C)OC(=O)C[C@H]([NH3+])c1ccccc1. The monoisotopic (exact) mass is 208 g/mol. The third-order valence-electron chi connectivity index (χ3n) is 2.05. The van der Waals surface area contributed by atoms with E-state index >= 15 is 0 Å². The van der Waals surface area contributed by atoms with Crippen LogP contribution in [0.25, 0.3) is 0 Å². The molecule has 3 N–H and O–H groups in total. The third-order valence-corrected chi connectivity index (χ3v) is 2.05. The molecule has 1 atom stereocenters. The number of hydrogen-bond donors (Lipinski definition) is 1. The maximum Gasteiger partial charge on any atom is 0.312 e. The summed E-state index contributed by atoms with van der Waals surface area (Å²) in [4.78, 5) is 11.4. The van der Waals surface area contributed by atoms with E-state index in [1.165, 1.54) is 0 Å². The first kappa shape index (κ1) is 11.7. The molecule has 3 heteroatoms. The molecule has 1 aromatic carbocycles. The fraction of sp³-hybridized carbons (Fsp3) is 0.417. The first-order valence-corrected chi connectivity index (χ1v) is 5.17. The summed E-state index contributed by atoms with van der Waals surface area (Å²) in [7, 11) is 0. The Morgan fingerprint density at radius 2 is 1.93 bits per heavy atom. The number of benzene rings is 1. The van der Waals surface area contributed by atoms with Gasteiger partial charge in [-0.25, -0.2) is 0 Å². The fourth-order valence-corrected chi connectivity index (χ4v) is 1.36. The molecule has 0 fully saturated rings. The van der Waals surface area contributed by atoms with Gasteiger partial charge in [0.1, 0.15) is 12.5 Å². The summed E-state index contributed by atoms with van der Waals surface area (Å²) in [6.07, 6.45) is 0.280. The van der Waals surface area contributed by atoms with E-state index in [1.54, 1.807) is 0 Å². The highest BCUT2D eigenvalue weighted by atomic mass is 16.5. The number of carbonyl (C=O) groups excluding carboxylic acids is 1. The predicted octanol–water partition coefficient (Wildman–Crippen LogP) is 1.31. The lowest BCUT2D eigenvalue weighted by Gasteiger charge is -2.10. The predicted molar refractivity (Wildman–Crippen MR) is 57.9 cm³/mol. The molecule has 0 spiro atoms. The van der Waals surface area contributed by atoms with Crippen LogP contribution in [0.2, 0.25) is 0 Å². The maximum atomic E-state index is 11.4. The zero-order valence-electron chi connectivity index (χ0n) is 9.27. The van der Waals surface area contributed by atoms with E-state index in [0.29, 0.717) is 6.42 Å². The second-order valence-electron chi connectivity index (χ2n) is 3.85. The topological polar surface area (TPSA) is 53.9 Å². The molecule has 0 saturated heterocycles. The minimum absolute atomic E-state index is 0.0301. The highest BCUT2D eigenvalue weighted by Gasteiger charge is 2.16. The van der Waals surface area contributed by atoms with Crippen molar-refractivity contribution in [2.45, 2.75) is 32.4 Å². The van der Waals surface area contributed by atoms with Crippen LogP contribution in [0.15, 0.2) is 30.3 Å². The van der Waals surface area contributed by atoms with Crippen LogP contribution in [0.3, 0.4) is 0 Å². The third kappa shape index (κ3) is 4.13. The smallest absolute Gasteiger partial charge is 0.312 e. The maximum absolute atomic E-state index is 11.4. The van der Waals surface area contributed by atoms with E-state index < -0.39 is 0 Å². The van der Waals surface area contributed by atoms with Gasteiger partial charge in [-0.2, -0.15) is 0 Å². The second-order valence-corrected chi connectivity index (χ2v) is 3.85. The first-order chi connectivity index (χ1) is 7.09. The van der Waals surface area contributed by atoms with Gasteiger partial charge in [-0.1, -0.05) is 30.3 Å². The molecule has 0 unspecified atom stereocenters. The Bertz CT molecular complexity index is 309. The summed E-state index contributed by atoms with van der Waals surface area (Å²) in [5.41, 5.74) is 5.02. The number of carbonyl (C=O) groups is 1. The number of rotatable bonds is 4. The molecule has 3 nitrogen and oxygen atoms in total. The Labute approximate surface area is 90.2 Å². The standard InChI is InChI=1S/C12H17NO2/c1-9(2)15-12(14)8-11(13)10-6-4-3-5-7-10/h3-7,9,11H,8,13H2,1-2H3/p+1/t11-/m0/s1. The molecule has 1 rings (SSSR count). The molecule has 0 bridgehead atoms. The van der Waals surface area contributed by atoms with E-state index in [1.807, 2.05) is 44.2 Å². The molecule has 0 amide bonds. The summed E-state index contributed by atoms with van der Waals surface area (Å²) in [6.45, 7) is 3.69. The lowest BCUT2D eigenvalue weighted by atomic mass is 10.1. The lowest BCUT2D eigenvalue weighted by molar-refractivity contribution is -0.425. The summed E-state index contributed by atoms with van der Waals surface area (Å²) < 4.78 is 5.06. The number of hydrogen-bond acceptors (Lipinski definition) is 2. The Morgan fingerprint density at radius 3 is 2.47 bits per heavy atom. The average Bonchev–Trinajstić information content (AvgIpc) is 2.17. The van der Waals surface area contributed by atoms with Crippen molar-refractivity contribution in [2.75, 3.05) is 0 Å². The minimum atomic E-state index is -0.186. The molecular formula is C12H18NO2+. The van der Waals surface area contributed by atoms with Crippen LogP contribution in [0.4, 0.5) is 0 Å². The quantitative estimate of drug-likeness (QED) is 0.758. The Morgan fingerprint density at radius 1 is 1.33 bits per heavy atom. The van der Waals surface area contributed by atoms with Gasteiger partial charge in [0.25, 0.3) is 0 Å². The highest BCUT2D eigenvalue weighted by molar-refractivity contribution is 5.70. The molecule has 1 aromatic rings. The van der Waals surface area contributed by atoms with Crippen LogP contribution >= 0.6 is 0 Å². The molecule has 0 aliphatic heterocycles. The van der Waals surface area contributed by atoms with Crippen molar-refractivity contribution >= 4 is 5.97 Å². The number of ether oxygens (including phenoxy) is 1. The van der Waals surface area contributed by atoms with Crippen LogP contribution in [0.1, 0.15) is 31.9 Å². The van der Waals surface area contributed by atoms with Crippen LogP contribution in [0, 0.1) is 0 Å². The van der Waals surface area contributed by atoms with Crippen molar-refractivity contribution in [2.24, 2.45) is 0 Å². The summed E-state index contributed by atoms with van der Waals surface area (Å²) in [6, 6.07) is 9.75. The second kappa shape index (κ2) is 5.51. The van der Waals surface area contributed by atoms with Gasteiger partial charge in [0.2, 0.25) is 0 Å². The number of esters is 1. The first-order valence-electron chi connectivity index (χ1n) is 5.17. The van der Waals surface area contributed by atoms with Gasteiger partial charge in [-0.15, -0.1) is 0 Å². The van der Waals surface area contributed by atoms with Crippen LogP contribution in [-0.2, 0) is 9.53 Å². The van der Waals surface area contributed by atoms with Gasteiger partial charge in [-0.3, -0.25) is 4.79 Å². The van der Waals surface area contributed by atoms with Crippen molar-refractivity contribution in [3.8, 4) is 0 Å². The van der Waals surface area contributed by atoms with Crippen molar-refractivity contribution in [1.29, 1.82) is 0 Å². The van der Waals surface area contributed by atoms with Crippen molar-refractivity contribution in [1.82, 2.24) is 0 Å². The molecule has 82 valence electrons. The summed E-state index contributed by atoms with van der Waals surface area (Å²) >= 11 is 0. The normalized spacial score (nSPS) is 12.5. The molecule has 0 heterocycles. The molecular weight excluding hydrogens is 190 g/mol. The minimum Gasteiger partial charge on any atom is -0.463 e. The Hall–Kier alpha value is -1.35. The van der Waals surface area contributed by atoms with Gasteiger partial charge >= 0.3 is 5.97 Å². The van der Waals surface area contributed by atoms with Gasteiger partial charge in [-0.05, 0) is 13.8 Å². The molecule has 0 radical (unpaired) electrons. The van der Waals surface area contributed by atoms with Crippen LogP contribution in [0.5, 0.6) is 0 Å². The molecule has 0 aliphatic rings. The highest BCUT2D eigenvalue weighted by Crippen LogP contribution is 2.12. The number of quaternary nitrogens is 1. The van der Waals surface area contributed by atoms with E-state index in [4.69, 9.17) is 4.74 Å². The largest absolute Gasteiger partial charge is 0.463 e. The van der Waals surface area contributed by atoms with Crippen molar-refractivity contribution in [3.63, 3.8) is 0 Å². The van der Waals surface area contributed by atoms with Crippen molar-refractivity contribution < 1.29 is 15.3 Å². The zero-order chi connectivity index (χ0) is 11.3. The molecule has 0 saturated carbocycles. The van der Waals surface area contributed by atoms with Gasteiger partial charge in [0.05, 0.1) is 6.10 Å². The van der Waals surface area contributed by atoms with E-state index in [2.05, 4.69) is 5.73 Å². The summed E-state index contributed by atoms with van der Waals surface area (Å²) in [5, 5.41) is 0. The van der Waals surface area contributed by atoms with E-state index in [9.17, 15) is 4.79 Å². The fourth-order valence-electron chi connectivity index (χ4n) is 1.36. The van der Waals surface area contributed by atoms with Crippen LogP contribution < -0.4 is 5.73 Å². The lowest BCUT2D eigenvalue weighted by Crippen LogP contribution is -2.54. The van der Waals surface area contributed by atoms with Crippen LogP contribution in [-0.4, -0.2) is 12.1 Å². The van der Waals surface area contributed by atoms with E-state index in [0.717, 1.165) is 5.56 Å². The molecule has 15 heavy (non-hydrogen) atoms. The van der Waals surface area contributed by atoms with Crippen molar-refractivity contribution in [3.05, 3.63) is 35.9 Å². The average molecular weight is 208 g/mol. The Kier molecular flexibility index (Phi) is 4.31. The van der Waals surface area contributed by atoms with Gasteiger partial charge < -0.3 is 10.5 Å². The van der Waals surface area contributed by atoms with Gasteiger partial charge in [0.15, 0.2) is 0 Å². The Balaban J connectivity index is 2.49. The zero-order valence-corrected chi connectivity index (χ0v) is 9.27. The van der Waals surface area contributed by atoms with E-state index in [-0.39, 0.29) is 18.1 Å².